The van der Waals surface area contributed by atoms with Gasteiger partial charge in [-0.15, -0.1) is 0 Å². The van der Waals surface area contributed by atoms with Crippen LogP contribution in [0.15, 0.2) is 42.2 Å². The van der Waals surface area contributed by atoms with Gasteiger partial charge < -0.3 is 4.74 Å². The number of methoxy groups -OCH3 is 1. The quantitative estimate of drug-likeness (QED) is 0.484. The van der Waals surface area contributed by atoms with Gasteiger partial charge >= 0.3 is 0 Å². The zero-order valence-electron chi connectivity index (χ0n) is 10.3. The molecule has 0 amide bonds. The Labute approximate surface area is 124 Å². The molecule has 7 heteroatoms. The number of hydrogen-bond donors (Lipinski definition) is 0. The highest BCUT2D eigenvalue weighted by atomic mass is 35.5. The Morgan fingerprint density at radius 3 is 2.65 bits per heavy atom. The van der Waals surface area contributed by atoms with Crippen LogP contribution >= 0.6 is 23.2 Å². The minimum absolute atomic E-state index is 0.119. The van der Waals surface area contributed by atoms with E-state index >= 15 is 0 Å². The SMILES string of the molecule is COC1(Cl)C(c2ccccc2Cl)=CC(F)=CC1[N+](=O)[O-]. The van der Waals surface area contributed by atoms with E-state index in [-0.39, 0.29) is 5.57 Å². The zero-order valence-corrected chi connectivity index (χ0v) is 11.9. The summed E-state index contributed by atoms with van der Waals surface area (Å²) >= 11 is 12.3. The summed E-state index contributed by atoms with van der Waals surface area (Å²) in [5, 5.41) is 9.59. The number of benzene rings is 1. The molecule has 1 aromatic rings. The van der Waals surface area contributed by atoms with Crippen molar-refractivity contribution in [3.8, 4) is 0 Å². The average Bonchev–Trinajstić information content (AvgIpc) is 2.41. The summed E-state index contributed by atoms with van der Waals surface area (Å²) in [4.78, 5) is 10.4. The first-order valence-corrected chi connectivity index (χ1v) is 6.37. The van der Waals surface area contributed by atoms with Gasteiger partial charge in [0, 0.05) is 34.3 Å². The molecule has 4 nitrogen and oxygen atoms in total. The number of alkyl halides is 1. The standard InChI is InChI=1S/C13H10Cl2FNO3/c1-20-13(15)10(9-4-2-3-5-11(9)14)6-8(16)7-12(13)17(18)19/h2-7,12H,1H3. The number of ether oxygens (including phenoxy) is 1. The van der Waals surface area contributed by atoms with Gasteiger partial charge in [0.05, 0.1) is 0 Å². The summed E-state index contributed by atoms with van der Waals surface area (Å²) in [7, 11) is 1.23. The Bertz CT molecular complexity index is 617. The van der Waals surface area contributed by atoms with Gasteiger partial charge in [0.15, 0.2) is 0 Å². The lowest BCUT2D eigenvalue weighted by atomic mass is 9.90. The van der Waals surface area contributed by atoms with E-state index in [0.29, 0.717) is 10.6 Å². The van der Waals surface area contributed by atoms with Crippen LogP contribution in [0.5, 0.6) is 0 Å². The van der Waals surface area contributed by atoms with E-state index in [2.05, 4.69) is 0 Å². The Morgan fingerprint density at radius 1 is 1.45 bits per heavy atom. The molecule has 0 aromatic heterocycles. The maximum Gasteiger partial charge on any atom is 0.281 e. The topological polar surface area (TPSA) is 52.4 Å². The lowest BCUT2D eigenvalue weighted by Gasteiger charge is -2.32. The molecule has 0 fully saturated rings. The molecule has 1 aliphatic carbocycles. The molecule has 0 N–H and O–H groups in total. The number of allylic oxidation sites excluding steroid dienone is 2. The molecule has 0 heterocycles. The summed E-state index contributed by atoms with van der Waals surface area (Å²) in [6.45, 7) is 0. The first kappa shape index (κ1) is 15.0. The average molecular weight is 318 g/mol. The van der Waals surface area contributed by atoms with Crippen molar-refractivity contribution in [1.82, 2.24) is 0 Å². The van der Waals surface area contributed by atoms with Crippen LogP contribution < -0.4 is 0 Å². The Balaban J connectivity index is 2.63. The van der Waals surface area contributed by atoms with Gasteiger partial charge in [0.1, 0.15) is 5.83 Å². The van der Waals surface area contributed by atoms with Crippen LogP contribution in [0.25, 0.3) is 5.57 Å². The summed E-state index contributed by atoms with van der Waals surface area (Å²) in [5.41, 5.74) is 0.509. The largest absolute Gasteiger partial charge is 0.353 e. The van der Waals surface area contributed by atoms with Crippen LogP contribution in [0.1, 0.15) is 5.56 Å². The van der Waals surface area contributed by atoms with Gasteiger partial charge in [0.2, 0.25) is 5.06 Å². The predicted molar refractivity (Wildman–Crippen MR) is 75.0 cm³/mol. The van der Waals surface area contributed by atoms with E-state index in [4.69, 9.17) is 27.9 Å². The Morgan fingerprint density at radius 2 is 2.10 bits per heavy atom. The highest BCUT2D eigenvalue weighted by molar-refractivity contribution is 6.35. The molecule has 106 valence electrons. The highest BCUT2D eigenvalue weighted by Crippen LogP contribution is 2.44. The van der Waals surface area contributed by atoms with Crippen molar-refractivity contribution in [2.24, 2.45) is 0 Å². The van der Waals surface area contributed by atoms with Gasteiger partial charge in [-0.05, 0) is 12.1 Å². The number of halogens is 3. The molecule has 0 spiro atoms. The molecule has 0 saturated heterocycles. The van der Waals surface area contributed by atoms with Crippen molar-refractivity contribution in [1.29, 1.82) is 0 Å². The molecule has 0 aliphatic heterocycles. The third-order valence-electron chi connectivity index (χ3n) is 3.04. The van der Waals surface area contributed by atoms with Crippen LogP contribution in [0.4, 0.5) is 4.39 Å². The number of rotatable bonds is 3. The fraction of sp³-hybridized carbons (Fsp3) is 0.231. The van der Waals surface area contributed by atoms with Crippen molar-refractivity contribution in [3.63, 3.8) is 0 Å². The van der Waals surface area contributed by atoms with Crippen LogP contribution in [0, 0.1) is 10.1 Å². The lowest BCUT2D eigenvalue weighted by molar-refractivity contribution is -0.522. The lowest BCUT2D eigenvalue weighted by Crippen LogP contribution is -2.45. The first-order valence-electron chi connectivity index (χ1n) is 5.62. The van der Waals surface area contributed by atoms with E-state index in [0.717, 1.165) is 12.2 Å². The third-order valence-corrected chi connectivity index (χ3v) is 3.95. The van der Waals surface area contributed by atoms with Gasteiger partial charge in [-0.3, -0.25) is 10.1 Å². The Kier molecular flexibility index (Phi) is 4.13. The van der Waals surface area contributed by atoms with Gasteiger partial charge in [-0.1, -0.05) is 41.4 Å². The second-order valence-electron chi connectivity index (χ2n) is 4.17. The number of nitro groups is 1. The van der Waals surface area contributed by atoms with Crippen molar-refractivity contribution >= 4 is 28.8 Å². The normalized spacial score (nSPS) is 25.9. The van der Waals surface area contributed by atoms with Crippen molar-refractivity contribution in [3.05, 3.63) is 62.9 Å². The molecule has 1 aliphatic rings. The van der Waals surface area contributed by atoms with Gasteiger partial charge in [-0.25, -0.2) is 4.39 Å². The monoisotopic (exact) mass is 317 g/mol. The molecule has 0 saturated carbocycles. The summed E-state index contributed by atoms with van der Waals surface area (Å²) < 4.78 is 18.8. The fourth-order valence-corrected chi connectivity index (χ4v) is 2.61. The summed E-state index contributed by atoms with van der Waals surface area (Å²) in [6, 6.07) is 4.99. The van der Waals surface area contributed by atoms with Gasteiger partial charge in [0.25, 0.3) is 6.04 Å². The third kappa shape index (κ3) is 2.44. The minimum atomic E-state index is -1.82. The smallest absolute Gasteiger partial charge is 0.281 e. The highest BCUT2D eigenvalue weighted by Gasteiger charge is 2.51. The first-order chi connectivity index (χ1) is 9.40. The predicted octanol–water partition coefficient (Wildman–Crippen LogP) is 3.82. The van der Waals surface area contributed by atoms with E-state index in [9.17, 15) is 14.5 Å². The molecule has 2 rings (SSSR count). The Hall–Kier alpha value is -1.43. The van der Waals surface area contributed by atoms with E-state index in [1.165, 1.54) is 7.11 Å². The van der Waals surface area contributed by atoms with E-state index < -0.39 is 21.9 Å². The molecule has 1 aromatic carbocycles. The van der Waals surface area contributed by atoms with Gasteiger partial charge in [-0.2, -0.15) is 0 Å². The van der Waals surface area contributed by atoms with Crippen LogP contribution in [-0.4, -0.2) is 23.1 Å². The molecule has 2 atom stereocenters. The van der Waals surface area contributed by atoms with E-state index in [1.54, 1.807) is 24.3 Å². The zero-order chi connectivity index (χ0) is 14.9. The molecular weight excluding hydrogens is 308 g/mol. The second-order valence-corrected chi connectivity index (χ2v) is 5.14. The molecular formula is C13H10Cl2FNO3. The second kappa shape index (κ2) is 5.52. The van der Waals surface area contributed by atoms with E-state index in [1.807, 2.05) is 0 Å². The number of hydrogen-bond acceptors (Lipinski definition) is 3. The molecule has 20 heavy (non-hydrogen) atoms. The summed E-state index contributed by atoms with van der Waals surface area (Å²) in [5.74, 6) is -0.755. The van der Waals surface area contributed by atoms with Crippen molar-refractivity contribution in [2.45, 2.75) is 11.1 Å². The van der Waals surface area contributed by atoms with Crippen LogP contribution in [-0.2, 0) is 4.74 Å². The maximum atomic E-state index is 13.7. The molecule has 2 unspecified atom stereocenters. The minimum Gasteiger partial charge on any atom is -0.353 e. The summed E-state index contributed by atoms with van der Waals surface area (Å²) in [6.07, 6.45) is 1.91. The van der Waals surface area contributed by atoms with Crippen molar-refractivity contribution < 1.29 is 14.1 Å². The maximum absolute atomic E-state index is 13.7. The molecule has 0 bridgehead atoms. The van der Waals surface area contributed by atoms with Crippen LogP contribution in [0.3, 0.4) is 0 Å². The fourth-order valence-electron chi connectivity index (χ4n) is 2.07. The van der Waals surface area contributed by atoms with Crippen LogP contribution in [0.2, 0.25) is 5.02 Å². The molecule has 0 radical (unpaired) electrons. The number of nitrogens with zero attached hydrogens (tertiary/aromatic N) is 1. The van der Waals surface area contributed by atoms with Crippen molar-refractivity contribution in [2.75, 3.05) is 7.11 Å².